The number of rotatable bonds is 6. The second kappa shape index (κ2) is 6.31. The van der Waals surface area contributed by atoms with Gasteiger partial charge in [-0.15, -0.1) is 0 Å². The fraction of sp³-hybridized carbons (Fsp3) is 0.500. The van der Waals surface area contributed by atoms with Gasteiger partial charge in [-0.05, 0) is 30.0 Å². The van der Waals surface area contributed by atoms with Crippen molar-refractivity contribution in [3.8, 4) is 0 Å². The normalized spacial score (nSPS) is 12.4. The molecule has 1 rings (SSSR count). The Hall–Kier alpha value is -1.31. The Morgan fingerprint density at radius 1 is 1.25 bits per heavy atom. The second-order valence-electron chi connectivity index (χ2n) is 4.32. The summed E-state index contributed by atoms with van der Waals surface area (Å²) in [5, 5.41) is 8.79. The molecule has 1 aromatic rings. The molecule has 0 radical (unpaired) electrons. The Balaban J connectivity index is 2.56. The van der Waals surface area contributed by atoms with E-state index in [-0.39, 0.29) is 0 Å². The summed E-state index contributed by atoms with van der Waals surface area (Å²) in [5.41, 5.74) is 1.60. The van der Waals surface area contributed by atoms with Gasteiger partial charge in [0.25, 0.3) is 0 Å². The minimum Gasteiger partial charge on any atom is -0.478 e. The summed E-state index contributed by atoms with van der Waals surface area (Å²) in [5.74, 6) is -0.334. The topological polar surface area (TPSA) is 37.3 Å². The first-order chi connectivity index (χ1) is 7.65. The minimum absolute atomic E-state index is 0.365. The highest BCUT2D eigenvalue weighted by Crippen LogP contribution is 2.22. The van der Waals surface area contributed by atoms with Crippen LogP contribution in [0.1, 0.15) is 61.4 Å². The average molecular weight is 220 g/mol. The van der Waals surface area contributed by atoms with Crippen LogP contribution >= 0.6 is 0 Å². The Morgan fingerprint density at radius 3 is 2.38 bits per heavy atom. The number of unbranched alkanes of at least 4 members (excludes halogenated alkanes) is 2. The SMILES string of the molecule is CCCCCC(C)c1ccc(C(=O)O)cc1. The third-order valence-corrected chi connectivity index (χ3v) is 2.97. The van der Waals surface area contributed by atoms with Gasteiger partial charge in [-0.2, -0.15) is 0 Å². The lowest BCUT2D eigenvalue weighted by Crippen LogP contribution is -1.98. The van der Waals surface area contributed by atoms with Crippen LogP contribution in [-0.4, -0.2) is 11.1 Å². The molecular weight excluding hydrogens is 200 g/mol. The molecule has 0 heterocycles. The van der Waals surface area contributed by atoms with Gasteiger partial charge in [-0.25, -0.2) is 4.79 Å². The summed E-state index contributed by atoms with van der Waals surface area (Å²) < 4.78 is 0. The molecule has 0 amide bonds. The van der Waals surface area contributed by atoms with E-state index in [1.807, 2.05) is 12.1 Å². The maximum absolute atomic E-state index is 10.7. The first-order valence-corrected chi connectivity index (χ1v) is 5.98. The summed E-state index contributed by atoms with van der Waals surface area (Å²) >= 11 is 0. The molecule has 1 aromatic carbocycles. The summed E-state index contributed by atoms with van der Waals surface area (Å²) in [6, 6.07) is 7.24. The maximum atomic E-state index is 10.7. The van der Waals surface area contributed by atoms with E-state index in [1.54, 1.807) is 12.1 Å². The lowest BCUT2D eigenvalue weighted by Gasteiger charge is -2.11. The molecular formula is C14H20O2. The maximum Gasteiger partial charge on any atom is 0.335 e. The smallest absolute Gasteiger partial charge is 0.335 e. The van der Waals surface area contributed by atoms with Crippen molar-refractivity contribution in [2.45, 2.75) is 45.4 Å². The predicted molar refractivity (Wildman–Crippen MR) is 66.0 cm³/mol. The molecule has 16 heavy (non-hydrogen) atoms. The monoisotopic (exact) mass is 220 g/mol. The molecule has 0 aliphatic heterocycles. The van der Waals surface area contributed by atoms with Crippen LogP contribution in [0.4, 0.5) is 0 Å². The molecule has 1 atom stereocenters. The lowest BCUT2D eigenvalue weighted by molar-refractivity contribution is 0.0697. The first-order valence-electron chi connectivity index (χ1n) is 5.98. The lowest BCUT2D eigenvalue weighted by atomic mass is 9.94. The molecule has 0 spiro atoms. The summed E-state index contributed by atoms with van der Waals surface area (Å²) in [4.78, 5) is 10.7. The average Bonchev–Trinajstić information content (AvgIpc) is 2.29. The third kappa shape index (κ3) is 3.69. The van der Waals surface area contributed by atoms with E-state index in [9.17, 15) is 4.79 Å². The van der Waals surface area contributed by atoms with Crippen LogP contribution in [0.25, 0.3) is 0 Å². The van der Waals surface area contributed by atoms with Crippen molar-refractivity contribution in [2.24, 2.45) is 0 Å². The van der Waals surface area contributed by atoms with Crippen LogP contribution in [0.3, 0.4) is 0 Å². The molecule has 0 fully saturated rings. The number of hydrogen-bond acceptors (Lipinski definition) is 1. The van der Waals surface area contributed by atoms with Crippen molar-refractivity contribution in [3.05, 3.63) is 35.4 Å². The molecule has 0 bridgehead atoms. The number of aromatic carboxylic acids is 1. The van der Waals surface area contributed by atoms with Gasteiger partial charge in [0, 0.05) is 0 Å². The standard InChI is InChI=1S/C14H20O2/c1-3-4-5-6-11(2)12-7-9-13(10-8-12)14(15)16/h7-11H,3-6H2,1-2H3,(H,15,16). The molecule has 2 nitrogen and oxygen atoms in total. The Labute approximate surface area is 97.3 Å². The van der Waals surface area contributed by atoms with Crippen LogP contribution in [0.5, 0.6) is 0 Å². The fourth-order valence-corrected chi connectivity index (χ4v) is 1.82. The molecule has 0 aliphatic rings. The predicted octanol–water partition coefficient (Wildman–Crippen LogP) is 4.07. The van der Waals surface area contributed by atoms with Crippen molar-refractivity contribution in [3.63, 3.8) is 0 Å². The van der Waals surface area contributed by atoms with Crippen LogP contribution < -0.4 is 0 Å². The van der Waals surface area contributed by atoms with E-state index in [4.69, 9.17) is 5.11 Å². The van der Waals surface area contributed by atoms with Crippen LogP contribution in [0.15, 0.2) is 24.3 Å². The molecule has 2 heteroatoms. The van der Waals surface area contributed by atoms with Gasteiger partial charge in [0.2, 0.25) is 0 Å². The summed E-state index contributed by atoms with van der Waals surface area (Å²) in [6.07, 6.45) is 4.95. The quantitative estimate of drug-likeness (QED) is 0.734. The molecule has 88 valence electrons. The number of carboxylic acid groups (broad SMARTS) is 1. The Kier molecular flexibility index (Phi) is 5.03. The second-order valence-corrected chi connectivity index (χ2v) is 4.32. The molecule has 0 aliphatic carbocycles. The van der Waals surface area contributed by atoms with Crippen LogP contribution in [0, 0.1) is 0 Å². The van der Waals surface area contributed by atoms with Gasteiger partial charge in [-0.3, -0.25) is 0 Å². The van der Waals surface area contributed by atoms with Gasteiger partial charge in [0.05, 0.1) is 5.56 Å². The van der Waals surface area contributed by atoms with Gasteiger partial charge in [0.1, 0.15) is 0 Å². The van der Waals surface area contributed by atoms with E-state index in [0.717, 1.165) is 0 Å². The zero-order valence-corrected chi connectivity index (χ0v) is 10.1. The van der Waals surface area contributed by atoms with Crippen LogP contribution in [-0.2, 0) is 0 Å². The Morgan fingerprint density at radius 2 is 1.88 bits per heavy atom. The fourth-order valence-electron chi connectivity index (χ4n) is 1.82. The van der Waals surface area contributed by atoms with Crippen LogP contribution in [0.2, 0.25) is 0 Å². The van der Waals surface area contributed by atoms with E-state index in [0.29, 0.717) is 11.5 Å². The van der Waals surface area contributed by atoms with Gasteiger partial charge in [0.15, 0.2) is 0 Å². The van der Waals surface area contributed by atoms with E-state index in [2.05, 4.69) is 13.8 Å². The Bertz CT molecular complexity index is 327. The summed E-state index contributed by atoms with van der Waals surface area (Å²) in [7, 11) is 0. The van der Waals surface area contributed by atoms with E-state index >= 15 is 0 Å². The molecule has 0 saturated carbocycles. The van der Waals surface area contributed by atoms with Gasteiger partial charge >= 0.3 is 5.97 Å². The van der Waals surface area contributed by atoms with E-state index in [1.165, 1.54) is 31.2 Å². The zero-order valence-electron chi connectivity index (χ0n) is 10.1. The number of benzene rings is 1. The number of carbonyl (C=O) groups is 1. The number of carboxylic acids is 1. The zero-order chi connectivity index (χ0) is 12.0. The van der Waals surface area contributed by atoms with Crippen molar-refractivity contribution in [2.75, 3.05) is 0 Å². The van der Waals surface area contributed by atoms with Crippen molar-refractivity contribution >= 4 is 5.97 Å². The number of hydrogen-bond donors (Lipinski definition) is 1. The molecule has 1 unspecified atom stereocenters. The molecule has 1 N–H and O–H groups in total. The largest absolute Gasteiger partial charge is 0.478 e. The first kappa shape index (κ1) is 12.8. The van der Waals surface area contributed by atoms with Gasteiger partial charge in [-0.1, -0.05) is 45.2 Å². The highest BCUT2D eigenvalue weighted by Gasteiger charge is 2.07. The van der Waals surface area contributed by atoms with Crippen molar-refractivity contribution in [1.82, 2.24) is 0 Å². The molecule has 0 aromatic heterocycles. The third-order valence-electron chi connectivity index (χ3n) is 2.97. The highest BCUT2D eigenvalue weighted by molar-refractivity contribution is 5.87. The minimum atomic E-state index is -0.856. The van der Waals surface area contributed by atoms with Crippen molar-refractivity contribution < 1.29 is 9.90 Å². The van der Waals surface area contributed by atoms with Gasteiger partial charge < -0.3 is 5.11 Å². The highest BCUT2D eigenvalue weighted by atomic mass is 16.4. The summed E-state index contributed by atoms with van der Waals surface area (Å²) in [6.45, 7) is 4.40. The molecule has 0 saturated heterocycles. The van der Waals surface area contributed by atoms with Crippen molar-refractivity contribution in [1.29, 1.82) is 0 Å². The van der Waals surface area contributed by atoms with E-state index < -0.39 is 5.97 Å².